The maximum Gasteiger partial charge on any atom is 0.673 e. The molecule has 0 amide bonds. The highest BCUT2D eigenvalue weighted by Crippen LogP contribution is 2.22. The molecule has 0 bridgehead atoms. The third-order valence-corrected chi connectivity index (χ3v) is 3.78. The van der Waals surface area contributed by atoms with Crippen molar-refractivity contribution in [2.75, 3.05) is 0 Å². The lowest BCUT2D eigenvalue weighted by Crippen LogP contribution is -2.27. The van der Waals surface area contributed by atoms with Gasteiger partial charge in [0.25, 0.3) is 5.69 Å². The first-order valence-electron chi connectivity index (χ1n) is 8.00. The van der Waals surface area contributed by atoms with Gasteiger partial charge in [-0.05, 0) is 47.6 Å². The second-order valence-electron chi connectivity index (χ2n) is 5.77. The van der Waals surface area contributed by atoms with Gasteiger partial charge in [-0.3, -0.25) is 0 Å². The summed E-state index contributed by atoms with van der Waals surface area (Å²) in [7, 11) is -4.10. The quantitative estimate of drug-likeness (QED) is 0.292. The van der Waals surface area contributed by atoms with Crippen LogP contribution in [-0.2, 0) is 7.05 Å². The van der Waals surface area contributed by atoms with Crippen LogP contribution in [0, 0.1) is 6.92 Å². The van der Waals surface area contributed by atoms with Crippen LogP contribution >= 0.6 is 11.6 Å². The summed E-state index contributed by atoms with van der Waals surface area (Å²) >= 11 is 5.92. The van der Waals surface area contributed by atoms with Gasteiger partial charge in [0.05, 0.1) is 6.07 Å². The third kappa shape index (κ3) is 7.31. The van der Waals surface area contributed by atoms with E-state index in [4.69, 9.17) is 16.1 Å². The first-order valence-corrected chi connectivity index (χ1v) is 8.38. The molecule has 0 aliphatic rings. The van der Waals surface area contributed by atoms with Crippen LogP contribution < -0.4 is 4.74 Å². The standard InChI is InChI=1S/C19H17ClNO.BF4/c1-14-3-5-15(6-4-14)7-12-18-13-19(22-21(18)2)16-8-10-17(20)11-9-16;2-1(3,4)5/h3-13H,1-2H3;/q+1;-1/b12-7+;. The van der Waals surface area contributed by atoms with Crippen LogP contribution in [0.2, 0.25) is 5.02 Å². The molecular weight excluding hydrogens is 380 g/mol. The average molecular weight is 398 g/mol. The molecule has 0 atom stereocenters. The molecule has 0 aliphatic heterocycles. The van der Waals surface area contributed by atoms with Crippen molar-refractivity contribution < 1.29 is 26.5 Å². The van der Waals surface area contributed by atoms with Gasteiger partial charge < -0.3 is 17.3 Å². The van der Waals surface area contributed by atoms with E-state index in [1.54, 1.807) is 4.74 Å². The number of aryl methyl sites for hydroxylation is 2. The second-order valence-corrected chi connectivity index (χ2v) is 6.20. The van der Waals surface area contributed by atoms with E-state index in [9.17, 15) is 17.3 Å². The minimum Gasteiger partial charge on any atom is -0.418 e. The number of hydrogen-bond donors (Lipinski definition) is 0. The number of rotatable bonds is 3. The molecule has 0 N–H and O–H groups in total. The lowest BCUT2D eigenvalue weighted by atomic mass is 10.1. The van der Waals surface area contributed by atoms with Crippen LogP contribution in [0.25, 0.3) is 23.5 Å². The number of halogens is 5. The van der Waals surface area contributed by atoms with Crippen LogP contribution in [-0.4, -0.2) is 7.25 Å². The van der Waals surface area contributed by atoms with Gasteiger partial charge >= 0.3 is 7.25 Å². The Kier molecular flexibility index (Phi) is 6.85. The van der Waals surface area contributed by atoms with Crippen molar-refractivity contribution in [3.63, 3.8) is 0 Å². The Hall–Kier alpha value is -2.54. The highest BCUT2D eigenvalue weighted by Gasteiger charge is 2.20. The number of hydrogen-bond acceptors (Lipinski definition) is 1. The molecule has 1 aromatic heterocycles. The van der Waals surface area contributed by atoms with Crippen molar-refractivity contribution in [1.29, 1.82) is 0 Å². The van der Waals surface area contributed by atoms with Gasteiger partial charge in [0, 0.05) is 16.7 Å². The van der Waals surface area contributed by atoms with Crippen LogP contribution in [0.3, 0.4) is 0 Å². The van der Waals surface area contributed by atoms with E-state index >= 15 is 0 Å². The van der Waals surface area contributed by atoms with Crippen molar-refractivity contribution in [2.45, 2.75) is 6.92 Å². The van der Waals surface area contributed by atoms with Crippen molar-refractivity contribution in [1.82, 2.24) is 0 Å². The van der Waals surface area contributed by atoms with Crippen LogP contribution in [0.1, 0.15) is 16.8 Å². The minimum absolute atomic E-state index is 0.721. The summed E-state index contributed by atoms with van der Waals surface area (Å²) in [5, 5.41) is 0.721. The van der Waals surface area contributed by atoms with Crippen molar-refractivity contribution in [3.05, 3.63) is 76.4 Å². The van der Waals surface area contributed by atoms with E-state index in [2.05, 4.69) is 37.3 Å². The fourth-order valence-corrected chi connectivity index (χ4v) is 2.34. The van der Waals surface area contributed by atoms with Gasteiger partial charge in [-0.25, -0.2) is 4.52 Å². The lowest BCUT2D eigenvalue weighted by Gasteiger charge is -1.94. The highest BCUT2D eigenvalue weighted by molar-refractivity contribution is 6.50. The molecule has 3 aromatic rings. The molecule has 1 heterocycles. The normalized spacial score (nSPS) is 11.4. The fourth-order valence-electron chi connectivity index (χ4n) is 2.21. The van der Waals surface area contributed by atoms with Crippen LogP contribution in [0.15, 0.2) is 59.1 Å². The highest BCUT2D eigenvalue weighted by atomic mass is 35.5. The zero-order valence-electron chi connectivity index (χ0n) is 14.7. The van der Waals surface area contributed by atoms with E-state index in [1.165, 1.54) is 11.1 Å². The molecule has 0 aliphatic carbocycles. The number of benzene rings is 2. The van der Waals surface area contributed by atoms with Gasteiger partial charge in [-0.1, -0.05) is 41.4 Å². The van der Waals surface area contributed by atoms with E-state index in [0.717, 1.165) is 22.0 Å². The Morgan fingerprint density at radius 2 is 1.48 bits per heavy atom. The summed E-state index contributed by atoms with van der Waals surface area (Å²) < 4.78 is 46.5. The van der Waals surface area contributed by atoms with Crippen molar-refractivity contribution in [2.24, 2.45) is 7.05 Å². The summed E-state index contributed by atoms with van der Waals surface area (Å²) in [5.74, 6) is 0.822. The Labute approximate surface area is 159 Å². The zero-order chi connectivity index (χ0) is 20.0. The van der Waals surface area contributed by atoms with Crippen molar-refractivity contribution in [3.8, 4) is 11.3 Å². The summed E-state index contributed by atoms with van der Waals surface area (Å²) in [5.41, 5.74) is 4.44. The predicted molar refractivity (Wildman–Crippen MR) is 101 cm³/mol. The largest absolute Gasteiger partial charge is 0.673 e. The molecule has 0 radical (unpaired) electrons. The van der Waals surface area contributed by atoms with Gasteiger partial charge in [0.15, 0.2) is 7.05 Å². The van der Waals surface area contributed by atoms with Gasteiger partial charge in [0.2, 0.25) is 5.76 Å². The van der Waals surface area contributed by atoms with E-state index in [-0.39, 0.29) is 0 Å². The predicted octanol–water partition coefficient (Wildman–Crippen LogP) is 6.20. The van der Waals surface area contributed by atoms with Crippen molar-refractivity contribution >= 4 is 31.0 Å². The molecule has 142 valence electrons. The smallest absolute Gasteiger partial charge is 0.418 e. The topological polar surface area (TPSA) is 17.0 Å². The Balaban J connectivity index is 0.000000465. The summed E-state index contributed by atoms with van der Waals surface area (Å²) in [6.07, 6.45) is 4.13. The number of nitrogens with zero attached hydrogens (tertiary/aromatic N) is 1. The molecule has 0 fully saturated rings. The van der Waals surface area contributed by atoms with Crippen LogP contribution in [0.4, 0.5) is 17.3 Å². The van der Waals surface area contributed by atoms with Gasteiger partial charge in [-0.15, -0.1) is 0 Å². The fraction of sp³-hybridized carbons (Fsp3) is 0.105. The molecule has 0 saturated carbocycles. The summed E-state index contributed by atoms with van der Waals surface area (Å²) in [6.45, 7) is 2.09. The third-order valence-electron chi connectivity index (χ3n) is 3.53. The van der Waals surface area contributed by atoms with Gasteiger partial charge in [-0.2, -0.15) is 0 Å². The SMILES string of the molecule is Cc1ccc(/C=C/c2cc(-c3ccc(Cl)cc3)o[n+]2C)cc1.F[B-](F)(F)F. The van der Waals surface area contributed by atoms with E-state index in [0.29, 0.717) is 0 Å². The molecule has 0 spiro atoms. The number of aromatic nitrogens is 1. The van der Waals surface area contributed by atoms with E-state index < -0.39 is 7.25 Å². The van der Waals surface area contributed by atoms with E-state index in [1.807, 2.05) is 43.5 Å². The zero-order valence-corrected chi connectivity index (χ0v) is 15.4. The molecule has 8 heteroatoms. The molecule has 0 unspecified atom stereocenters. The first kappa shape index (κ1) is 20.8. The molecule has 0 saturated heterocycles. The Morgan fingerprint density at radius 1 is 0.926 bits per heavy atom. The molecule has 3 rings (SSSR count). The summed E-state index contributed by atoms with van der Waals surface area (Å²) in [4.78, 5) is 0. The summed E-state index contributed by atoms with van der Waals surface area (Å²) in [6, 6.07) is 18.1. The minimum atomic E-state index is -6.00. The Morgan fingerprint density at radius 3 is 2.04 bits per heavy atom. The molecule has 2 nitrogen and oxygen atoms in total. The molecule has 27 heavy (non-hydrogen) atoms. The Bertz CT molecular complexity index is 897. The van der Waals surface area contributed by atoms with Crippen LogP contribution in [0.5, 0.6) is 0 Å². The maximum absolute atomic E-state index is 9.75. The average Bonchev–Trinajstić information content (AvgIpc) is 2.94. The first-order chi connectivity index (χ1) is 12.6. The molecular formula is C19H17BClF4NO. The maximum atomic E-state index is 9.75. The monoisotopic (exact) mass is 397 g/mol. The van der Waals surface area contributed by atoms with Gasteiger partial charge in [0.1, 0.15) is 0 Å². The lowest BCUT2D eigenvalue weighted by molar-refractivity contribution is -0.844. The molecule has 2 aromatic carbocycles. The second kappa shape index (κ2) is 8.91.